The van der Waals surface area contributed by atoms with Crippen LogP contribution in [0.5, 0.6) is 0 Å². The van der Waals surface area contributed by atoms with Crippen molar-refractivity contribution in [2.24, 2.45) is 0 Å². The van der Waals surface area contributed by atoms with Gasteiger partial charge in [-0.05, 0) is 19.3 Å². The Hall–Kier alpha value is -0.0800. The molecule has 2 aliphatic rings. The number of hydrogen-bond acceptors (Lipinski definition) is 2. The van der Waals surface area contributed by atoms with Gasteiger partial charge >= 0.3 is 0 Å². The van der Waals surface area contributed by atoms with E-state index in [1.54, 1.807) is 0 Å². The molecular formula is C8H16O2. The van der Waals surface area contributed by atoms with Gasteiger partial charge in [0, 0.05) is 13.2 Å². The van der Waals surface area contributed by atoms with Crippen molar-refractivity contribution in [3.05, 3.63) is 0 Å². The third-order valence-electron chi connectivity index (χ3n) is 1.69. The highest BCUT2D eigenvalue weighted by molar-refractivity contribution is 4.64. The highest BCUT2D eigenvalue weighted by Crippen LogP contribution is 2.10. The van der Waals surface area contributed by atoms with E-state index in [-0.39, 0.29) is 0 Å². The summed E-state index contributed by atoms with van der Waals surface area (Å²) >= 11 is 0. The van der Waals surface area contributed by atoms with Gasteiger partial charge in [0.05, 0.1) is 12.7 Å². The van der Waals surface area contributed by atoms with Gasteiger partial charge in [0.2, 0.25) is 0 Å². The first-order valence-electron chi connectivity index (χ1n) is 4.13. The molecule has 0 aliphatic carbocycles. The fourth-order valence-corrected chi connectivity index (χ4v) is 0.814. The summed E-state index contributed by atoms with van der Waals surface area (Å²) in [7, 11) is 0. The number of ether oxygens (including phenoxy) is 2. The van der Waals surface area contributed by atoms with Crippen molar-refractivity contribution in [3.63, 3.8) is 0 Å². The standard InChI is InChI=1S/2C4H8O/c1-2-4-3-5-4;1-2-4-5-3-1/h4H,2-3H2,1H3;1-4H2. The van der Waals surface area contributed by atoms with Gasteiger partial charge in [-0.1, -0.05) is 6.92 Å². The molecule has 1 unspecified atom stereocenters. The Kier molecular flexibility index (Phi) is 3.76. The molecule has 0 aromatic rings. The Bertz CT molecular complexity index is 67.7. The average molecular weight is 144 g/mol. The van der Waals surface area contributed by atoms with Gasteiger partial charge in [-0.3, -0.25) is 0 Å². The molecule has 0 spiro atoms. The summed E-state index contributed by atoms with van der Waals surface area (Å²) in [6.45, 7) is 5.15. The van der Waals surface area contributed by atoms with Crippen LogP contribution in [0, 0.1) is 0 Å². The molecule has 0 N–H and O–H groups in total. The first-order chi connectivity index (χ1) is 4.93. The molecule has 0 aromatic heterocycles. The smallest absolute Gasteiger partial charge is 0.0807 e. The molecule has 0 saturated carbocycles. The summed E-state index contributed by atoms with van der Waals surface area (Å²) < 4.78 is 9.80. The predicted octanol–water partition coefficient (Wildman–Crippen LogP) is 1.59. The zero-order valence-corrected chi connectivity index (χ0v) is 6.64. The average Bonchev–Trinajstić information content (AvgIpc) is 2.63. The van der Waals surface area contributed by atoms with Crippen LogP contribution in [-0.2, 0) is 9.47 Å². The molecule has 1 atom stereocenters. The molecular weight excluding hydrogens is 128 g/mol. The molecule has 2 saturated heterocycles. The lowest BCUT2D eigenvalue weighted by Crippen LogP contribution is -1.74. The van der Waals surface area contributed by atoms with Crippen molar-refractivity contribution < 1.29 is 9.47 Å². The molecule has 2 nitrogen and oxygen atoms in total. The molecule has 0 bridgehead atoms. The molecule has 2 heterocycles. The fourth-order valence-electron chi connectivity index (χ4n) is 0.814. The van der Waals surface area contributed by atoms with Gasteiger partial charge in [-0.2, -0.15) is 0 Å². The lowest BCUT2D eigenvalue weighted by molar-refractivity contribution is 0.198. The molecule has 0 amide bonds. The summed E-state index contributed by atoms with van der Waals surface area (Å²) in [4.78, 5) is 0. The largest absolute Gasteiger partial charge is 0.381 e. The van der Waals surface area contributed by atoms with Crippen LogP contribution in [0.3, 0.4) is 0 Å². The van der Waals surface area contributed by atoms with Crippen LogP contribution >= 0.6 is 0 Å². The van der Waals surface area contributed by atoms with E-state index in [2.05, 4.69) is 6.92 Å². The van der Waals surface area contributed by atoms with Gasteiger partial charge in [-0.15, -0.1) is 0 Å². The van der Waals surface area contributed by atoms with E-state index < -0.39 is 0 Å². The minimum absolute atomic E-state index is 0.634. The summed E-state index contributed by atoms with van der Waals surface area (Å²) in [5.41, 5.74) is 0. The molecule has 2 rings (SSSR count). The molecule has 2 fully saturated rings. The third kappa shape index (κ3) is 3.85. The molecule has 0 aromatic carbocycles. The summed E-state index contributed by atoms with van der Waals surface area (Å²) in [6, 6.07) is 0. The van der Waals surface area contributed by atoms with E-state index in [0.717, 1.165) is 19.8 Å². The molecule has 60 valence electrons. The third-order valence-corrected chi connectivity index (χ3v) is 1.69. The van der Waals surface area contributed by atoms with Crippen LogP contribution in [0.1, 0.15) is 26.2 Å². The lowest BCUT2D eigenvalue weighted by Gasteiger charge is -1.76. The summed E-state index contributed by atoms with van der Waals surface area (Å²) in [5, 5.41) is 0. The topological polar surface area (TPSA) is 21.8 Å². The zero-order valence-electron chi connectivity index (χ0n) is 6.64. The second-order valence-electron chi connectivity index (χ2n) is 2.68. The van der Waals surface area contributed by atoms with E-state index in [0.29, 0.717) is 6.10 Å². The van der Waals surface area contributed by atoms with Crippen molar-refractivity contribution in [2.75, 3.05) is 19.8 Å². The van der Waals surface area contributed by atoms with Crippen LogP contribution in [0.2, 0.25) is 0 Å². The Morgan fingerprint density at radius 3 is 2.00 bits per heavy atom. The van der Waals surface area contributed by atoms with E-state index in [1.165, 1.54) is 19.3 Å². The van der Waals surface area contributed by atoms with E-state index >= 15 is 0 Å². The van der Waals surface area contributed by atoms with Gasteiger partial charge in [0.15, 0.2) is 0 Å². The van der Waals surface area contributed by atoms with Crippen LogP contribution < -0.4 is 0 Å². The van der Waals surface area contributed by atoms with E-state index in [4.69, 9.17) is 9.47 Å². The lowest BCUT2D eigenvalue weighted by atomic mass is 10.4. The molecule has 10 heavy (non-hydrogen) atoms. The molecule has 0 radical (unpaired) electrons. The Balaban J connectivity index is 0.0000001000. The van der Waals surface area contributed by atoms with Crippen molar-refractivity contribution in [2.45, 2.75) is 32.3 Å². The first kappa shape index (κ1) is 8.02. The van der Waals surface area contributed by atoms with E-state index in [1.807, 2.05) is 0 Å². The number of rotatable bonds is 1. The van der Waals surface area contributed by atoms with Gasteiger partial charge in [0.25, 0.3) is 0 Å². The Morgan fingerprint density at radius 2 is 1.90 bits per heavy atom. The van der Waals surface area contributed by atoms with Crippen LogP contribution in [-0.4, -0.2) is 25.9 Å². The monoisotopic (exact) mass is 144 g/mol. The maximum absolute atomic E-state index is 4.94. The normalized spacial score (nSPS) is 29.1. The van der Waals surface area contributed by atoms with Crippen molar-refractivity contribution in [1.29, 1.82) is 0 Å². The van der Waals surface area contributed by atoms with Gasteiger partial charge in [0.1, 0.15) is 0 Å². The maximum Gasteiger partial charge on any atom is 0.0807 e. The van der Waals surface area contributed by atoms with Crippen LogP contribution in [0.4, 0.5) is 0 Å². The summed E-state index contributed by atoms with van der Waals surface area (Å²) in [5.74, 6) is 0. The number of epoxide rings is 1. The highest BCUT2D eigenvalue weighted by Gasteiger charge is 2.18. The fraction of sp³-hybridized carbons (Fsp3) is 1.00. The zero-order chi connectivity index (χ0) is 7.23. The minimum atomic E-state index is 0.634. The van der Waals surface area contributed by atoms with Crippen LogP contribution in [0.25, 0.3) is 0 Å². The van der Waals surface area contributed by atoms with Gasteiger partial charge in [-0.25, -0.2) is 0 Å². The quantitative estimate of drug-likeness (QED) is 0.521. The SMILES string of the molecule is C1CCOC1.CCC1CO1. The highest BCUT2D eigenvalue weighted by atomic mass is 16.6. The first-order valence-corrected chi connectivity index (χ1v) is 4.13. The second kappa shape index (κ2) is 4.69. The van der Waals surface area contributed by atoms with Crippen molar-refractivity contribution >= 4 is 0 Å². The molecule has 2 heteroatoms. The van der Waals surface area contributed by atoms with E-state index in [9.17, 15) is 0 Å². The minimum Gasteiger partial charge on any atom is -0.381 e. The summed E-state index contributed by atoms with van der Waals surface area (Å²) in [6.07, 6.45) is 4.38. The van der Waals surface area contributed by atoms with Crippen LogP contribution in [0.15, 0.2) is 0 Å². The maximum atomic E-state index is 4.94. The van der Waals surface area contributed by atoms with Crippen molar-refractivity contribution in [1.82, 2.24) is 0 Å². The Morgan fingerprint density at radius 1 is 1.30 bits per heavy atom. The molecule has 2 aliphatic heterocycles. The second-order valence-corrected chi connectivity index (χ2v) is 2.68. The Labute approximate surface area is 62.5 Å². The number of hydrogen-bond donors (Lipinski definition) is 0. The van der Waals surface area contributed by atoms with Crippen molar-refractivity contribution in [3.8, 4) is 0 Å². The van der Waals surface area contributed by atoms with Gasteiger partial charge < -0.3 is 9.47 Å². The predicted molar refractivity (Wildman–Crippen MR) is 40.1 cm³/mol.